The van der Waals surface area contributed by atoms with Crippen molar-refractivity contribution in [3.63, 3.8) is 0 Å². The van der Waals surface area contributed by atoms with E-state index in [9.17, 15) is 0 Å². The van der Waals surface area contributed by atoms with Crippen LogP contribution in [0.25, 0.3) is 11.4 Å². The van der Waals surface area contributed by atoms with Crippen LogP contribution in [-0.2, 0) is 19.5 Å². The summed E-state index contributed by atoms with van der Waals surface area (Å²) >= 11 is 3.48. The monoisotopic (exact) mass is 334 g/mol. The molecule has 0 bridgehead atoms. The minimum atomic E-state index is 0.647. The SMILES string of the molecule is CCCc1nc(CN(C)Cc2cc(-c3nn[nH]n3)cs2)cs1. The summed E-state index contributed by atoms with van der Waals surface area (Å²) < 4.78 is 0. The average Bonchev–Trinajstić information content (AvgIpc) is 3.20. The molecule has 0 saturated heterocycles. The van der Waals surface area contributed by atoms with Crippen LogP contribution in [0.1, 0.15) is 28.9 Å². The van der Waals surface area contributed by atoms with Gasteiger partial charge < -0.3 is 0 Å². The molecule has 0 radical (unpaired) electrons. The number of thiophene rings is 1. The van der Waals surface area contributed by atoms with E-state index < -0.39 is 0 Å². The highest BCUT2D eigenvalue weighted by Crippen LogP contribution is 2.23. The molecule has 6 nitrogen and oxygen atoms in total. The van der Waals surface area contributed by atoms with Crippen LogP contribution in [0.2, 0.25) is 0 Å². The highest BCUT2D eigenvalue weighted by Gasteiger charge is 2.10. The first kappa shape index (κ1) is 15.3. The number of thiazole rings is 1. The summed E-state index contributed by atoms with van der Waals surface area (Å²) in [6.07, 6.45) is 2.23. The van der Waals surface area contributed by atoms with E-state index in [0.717, 1.165) is 37.2 Å². The molecule has 116 valence electrons. The molecule has 0 unspecified atom stereocenters. The van der Waals surface area contributed by atoms with Gasteiger partial charge >= 0.3 is 0 Å². The zero-order valence-corrected chi connectivity index (χ0v) is 14.2. The molecule has 3 rings (SSSR count). The van der Waals surface area contributed by atoms with Crippen LogP contribution >= 0.6 is 22.7 Å². The minimum Gasteiger partial charge on any atom is -0.295 e. The van der Waals surface area contributed by atoms with Crippen molar-refractivity contribution in [3.05, 3.63) is 32.4 Å². The molecule has 8 heteroatoms. The molecule has 0 spiro atoms. The van der Waals surface area contributed by atoms with Crippen molar-refractivity contribution in [2.75, 3.05) is 7.05 Å². The van der Waals surface area contributed by atoms with E-state index in [-0.39, 0.29) is 0 Å². The third-order valence-electron chi connectivity index (χ3n) is 3.18. The summed E-state index contributed by atoms with van der Waals surface area (Å²) in [5, 5.41) is 19.6. The number of tetrazole rings is 1. The van der Waals surface area contributed by atoms with E-state index in [1.807, 2.05) is 0 Å². The van der Waals surface area contributed by atoms with Crippen molar-refractivity contribution in [3.8, 4) is 11.4 Å². The summed E-state index contributed by atoms with van der Waals surface area (Å²) in [6.45, 7) is 3.95. The average molecular weight is 334 g/mol. The molecule has 3 aromatic rings. The molecule has 0 aromatic carbocycles. The molecule has 0 amide bonds. The molecule has 0 aliphatic carbocycles. The fourth-order valence-corrected chi connectivity index (χ4v) is 4.05. The third-order valence-corrected chi connectivity index (χ3v) is 5.06. The van der Waals surface area contributed by atoms with Crippen molar-refractivity contribution in [2.45, 2.75) is 32.9 Å². The summed E-state index contributed by atoms with van der Waals surface area (Å²) in [6, 6.07) is 2.12. The highest BCUT2D eigenvalue weighted by molar-refractivity contribution is 7.10. The smallest absolute Gasteiger partial charge is 0.205 e. The highest BCUT2D eigenvalue weighted by atomic mass is 32.1. The second-order valence-electron chi connectivity index (χ2n) is 5.19. The molecule has 1 N–H and O–H groups in total. The van der Waals surface area contributed by atoms with Gasteiger partial charge in [0.15, 0.2) is 0 Å². The van der Waals surface area contributed by atoms with E-state index in [1.54, 1.807) is 22.7 Å². The summed E-state index contributed by atoms with van der Waals surface area (Å²) in [4.78, 5) is 8.23. The van der Waals surface area contributed by atoms with E-state index >= 15 is 0 Å². The van der Waals surface area contributed by atoms with E-state index in [2.05, 4.69) is 61.3 Å². The molecule has 22 heavy (non-hydrogen) atoms. The summed E-state index contributed by atoms with van der Waals surface area (Å²) in [5.74, 6) is 0.647. The predicted octanol–water partition coefficient (Wildman–Crippen LogP) is 2.97. The summed E-state index contributed by atoms with van der Waals surface area (Å²) in [5.41, 5.74) is 2.17. The molecule has 3 heterocycles. The standard InChI is InChI=1S/C14H18N6S2/c1-3-4-13-15-11(9-22-13)6-20(2)7-12-5-10(8-21-12)14-16-18-19-17-14/h5,8-9H,3-4,6-7H2,1-2H3,(H,16,17,18,19). The zero-order valence-electron chi connectivity index (χ0n) is 12.6. The fourth-order valence-electron chi connectivity index (χ4n) is 2.21. The van der Waals surface area contributed by atoms with Gasteiger partial charge in [-0.3, -0.25) is 4.90 Å². The maximum absolute atomic E-state index is 4.68. The molecule has 0 aliphatic rings. The molecule has 0 atom stereocenters. The molecule has 3 aromatic heterocycles. The van der Waals surface area contributed by atoms with Crippen LogP contribution < -0.4 is 0 Å². The number of nitrogens with zero attached hydrogens (tertiary/aromatic N) is 5. The Labute approximate surface area is 137 Å². The Hall–Kier alpha value is -1.64. The maximum Gasteiger partial charge on any atom is 0.205 e. The molecular formula is C14H18N6S2. The Bertz CT molecular complexity index is 703. The van der Waals surface area contributed by atoms with Gasteiger partial charge in [-0.1, -0.05) is 6.92 Å². The normalized spacial score (nSPS) is 11.4. The van der Waals surface area contributed by atoms with Crippen LogP contribution in [0, 0.1) is 0 Å². The van der Waals surface area contributed by atoms with Crippen LogP contribution in [0.5, 0.6) is 0 Å². The predicted molar refractivity (Wildman–Crippen MR) is 88.8 cm³/mol. The Morgan fingerprint density at radius 2 is 2.14 bits per heavy atom. The van der Waals surface area contributed by atoms with Crippen LogP contribution in [-0.4, -0.2) is 37.6 Å². The minimum absolute atomic E-state index is 0.647. The van der Waals surface area contributed by atoms with Gasteiger partial charge in [-0.2, -0.15) is 5.21 Å². The second kappa shape index (κ2) is 7.08. The van der Waals surface area contributed by atoms with Crippen molar-refractivity contribution < 1.29 is 0 Å². The number of aryl methyl sites for hydroxylation is 1. The van der Waals surface area contributed by atoms with E-state index in [1.165, 1.54) is 9.88 Å². The Balaban J connectivity index is 1.58. The van der Waals surface area contributed by atoms with Gasteiger partial charge in [-0.15, -0.1) is 32.9 Å². The second-order valence-corrected chi connectivity index (χ2v) is 7.13. The van der Waals surface area contributed by atoms with Crippen molar-refractivity contribution in [2.24, 2.45) is 0 Å². The van der Waals surface area contributed by atoms with Gasteiger partial charge in [-0.25, -0.2) is 4.98 Å². The van der Waals surface area contributed by atoms with Crippen molar-refractivity contribution in [1.29, 1.82) is 0 Å². The molecular weight excluding hydrogens is 316 g/mol. The number of nitrogens with one attached hydrogen (secondary N) is 1. The first-order chi connectivity index (χ1) is 10.7. The molecule has 0 aliphatic heterocycles. The first-order valence-corrected chi connectivity index (χ1v) is 8.93. The largest absolute Gasteiger partial charge is 0.295 e. The zero-order chi connectivity index (χ0) is 15.4. The van der Waals surface area contributed by atoms with Crippen LogP contribution in [0.15, 0.2) is 16.8 Å². The maximum atomic E-state index is 4.68. The van der Waals surface area contributed by atoms with Crippen LogP contribution in [0.3, 0.4) is 0 Å². The number of H-pyrrole nitrogens is 1. The third kappa shape index (κ3) is 3.76. The lowest BCUT2D eigenvalue weighted by atomic mass is 10.3. The molecule has 0 fully saturated rings. The van der Waals surface area contributed by atoms with Gasteiger partial charge in [0.25, 0.3) is 0 Å². The van der Waals surface area contributed by atoms with Gasteiger partial charge in [0, 0.05) is 34.3 Å². The lowest BCUT2D eigenvalue weighted by molar-refractivity contribution is 0.318. The Morgan fingerprint density at radius 3 is 2.91 bits per heavy atom. The van der Waals surface area contributed by atoms with Gasteiger partial charge in [0.1, 0.15) is 0 Å². The topological polar surface area (TPSA) is 70.6 Å². The fraction of sp³-hybridized carbons (Fsp3) is 0.429. The first-order valence-electron chi connectivity index (χ1n) is 7.17. The lowest BCUT2D eigenvalue weighted by Crippen LogP contribution is -2.16. The lowest BCUT2D eigenvalue weighted by Gasteiger charge is -2.13. The quantitative estimate of drug-likeness (QED) is 0.719. The van der Waals surface area contributed by atoms with Crippen molar-refractivity contribution >= 4 is 22.7 Å². The van der Waals surface area contributed by atoms with Crippen molar-refractivity contribution in [1.82, 2.24) is 30.5 Å². The molecule has 0 saturated carbocycles. The summed E-state index contributed by atoms with van der Waals surface area (Å²) in [7, 11) is 2.12. The van der Waals surface area contributed by atoms with Gasteiger partial charge in [-0.05, 0) is 31.2 Å². The van der Waals surface area contributed by atoms with Gasteiger partial charge in [0.05, 0.1) is 10.7 Å². The van der Waals surface area contributed by atoms with E-state index in [4.69, 9.17) is 0 Å². The number of aromatic nitrogens is 5. The Morgan fingerprint density at radius 1 is 1.23 bits per heavy atom. The van der Waals surface area contributed by atoms with Crippen LogP contribution in [0.4, 0.5) is 0 Å². The van der Waals surface area contributed by atoms with E-state index in [0.29, 0.717) is 5.82 Å². The number of hydrogen-bond acceptors (Lipinski definition) is 7. The van der Waals surface area contributed by atoms with Gasteiger partial charge in [0.2, 0.25) is 5.82 Å². The number of aromatic amines is 1. The number of rotatable bonds is 7. The number of hydrogen-bond donors (Lipinski definition) is 1. The Kier molecular flexibility index (Phi) is 4.91.